The molecule has 3 rings (SSSR count). The number of aliphatic carboxylic acids is 1. The van der Waals surface area contributed by atoms with Crippen molar-refractivity contribution in [1.82, 2.24) is 4.90 Å². The molecule has 2 heterocycles. The Hall–Kier alpha value is -1.88. The molecular formula is C14H16N2O3. The molecule has 19 heavy (non-hydrogen) atoms. The Morgan fingerprint density at radius 1 is 1.21 bits per heavy atom. The number of carbonyl (C=O) groups excluding carboxylic acids is 1. The molecular weight excluding hydrogens is 244 g/mol. The zero-order chi connectivity index (χ0) is 13.4. The zero-order valence-corrected chi connectivity index (χ0v) is 10.5. The monoisotopic (exact) mass is 260 g/mol. The lowest BCUT2D eigenvalue weighted by molar-refractivity contribution is -0.138. The van der Waals surface area contributed by atoms with Crippen LogP contribution in [0.15, 0.2) is 30.3 Å². The van der Waals surface area contributed by atoms with Crippen LogP contribution in [0, 0.1) is 11.8 Å². The number of amides is 1. The van der Waals surface area contributed by atoms with Crippen molar-refractivity contribution in [3.05, 3.63) is 30.3 Å². The number of rotatable bonds is 3. The van der Waals surface area contributed by atoms with Crippen LogP contribution in [0.3, 0.4) is 0 Å². The van der Waals surface area contributed by atoms with Crippen LogP contribution in [-0.4, -0.2) is 48.1 Å². The average molecular weight is 260 g/mol. The van der Waals surface area contributed by atoms with Gasteiger partial charge in [-0.15, -0.1) is 0 Å². The first-order valence-corrected chi connectivity index (χ1v) is 6.45. The topological polar surface area (TPSA) is 60.9 Å². The van der Waals surface area contributed by atoms with Gasteiger partial charge in [-0.05, 0) is 12.1 Å². The molecule has 2 atom stereocenters. The number of carboxylic acid groups (broad SMARTS) is 1. The van der Waals surface area contributed by atoms with E-state index in [9.17, 15) is 9.59 Å². The van der Waals surface area contributed by atoms with Gasteiger partial charge in [-0.3, -0.25) is 14.5 Å². The van der Waals surface area contributed by atoms with E-state index in [1.807, 2.05) is 40.1 Å². The number of hydrogen-bond acceptors (Lipinski definition) is 3. The Labute approximate surface area is 111 Å². The van der Waals surface area contributed by atoms with Gasteiger partial charge in [0.15, 0.2) is 0 Å². The summed E-state index contributed by atoms with van der Waals surface area (Å²) >= 11 is 0. The summed E-state index contributed by atoms with van der Waals surface area (Å²) in [6, 6.07) is 9.66. The second-order valence-corrected chi connectivity index (χ2v) is 5.24. The molecule has 0 bridgehead atoms. The molecule has 1 amide bonds. The van der Waals surface area contributed by atoms with Crippen LogP contribution in [0.5, 0.6) is 0 Å². The van der Waals surface area contributed by atoms with Gasteiger partial charge in [-0.2, -0.15) is 0 Å². The smallest absolute Gasteiger partial charge is 0.317 e. The van der Waals surface area contributed by atoms with E-state index in [1.165, 1.54) is 0 Å². The van der Waals surface area contributed by atoms with E-state index in [2.05, 4.69) is 0 Å². The maximum absolute atomic E-state index is 12.4. The fourth-order valence-electron chi connectivity index (χ4n) is 3.11. The van der Waals surface area contributed by atoms with Crippen LogP contribution in [-0.2, 0) is 9.59 Å². The molecule has 0 radical (unpaired) electrons. The number of carbonyl (C=O) groups is 2. The highest BCUT2D eigenvalue weighted by Gasteiger charge is 2.46. The highest BCUT2D eigenvalue weighted by atomic mass is 16.4. The third kappa shape index (κ3) is 2.21. The summed E-state index contributed by atoms with van der Waals surface area (Å²) in [5.41, 5.74) is 0.937. The van der Waals surface area contributed by atoms with Gasteiger partial charge >= 0.3 is 5.97 Å². The molecule has 100 valence electrons. The lowest BCUT2D eigenvalue weighted by atomic mass is 10.0. The summed E-state index contributed by atoms with van der Waals surface area (Å²) in [6.45, 7) is 2.00. The number of para-hydroxylation sites is 1. The molecule has 0 aromatic heterocycles. The van der Waals surface area contributed by atoms with E-state index in [0.717, 1.165) is 5.69 Å². The molecule has 2 fully saturated rings. The molecule has 2 saturated heterocycles. The maximum Gasteiger partial charge on any atom is 0.317 e. The van der Waals surface area contributed by atoms with Crippen LogP contribution >= 0.6 is 0 Å². The van der Waals surface area contributed by atoms with E-state index in [1.54, 1.807) is 0 Å². The SMILES string of the molecule is O=C(O)CN1C[C@@H]2CN(c3ccccc3)C(=O)[C@@H]2C1. The molecule has 0 aliphatic carbocycles. The van der Waals surface area contributed by atoms with Crippen LogP contribution < -0.4 is 4.90 Å². The predicted molar refractivity (Wildman–Crippen MR) is 69.9 cm³/mol. The van der Waals surface area contributed by atoms with Crippen LogP contribution in [0.4, 0.5) is 5.69 Å². The first-order chi connectivity index (χ1) is 9.15. The van der Waals surface area contributed by atoms with Gasteiger partial charge in [-0.1, -0.05) is 18.2 Å². The number of anilines is 1. The molecule has 0 unspecified atom stereocenters. The van der Waals surface area contributed by atoms with Gasteiger partial charge in [-0.25, -0.2) is 0 Å². The van der Waals surface area contributed by atoms with Gasteiger partial charge in [0.05, 0.1) is 12.5 Å². The van der Waals surface area contributed by atoms with Crippen LogP contribution in [0.25, 0.3) is 0 Å². The van der Waals surface area contributed by atoms with E-state index >= 15 is 0 Å². The maximum atomic E-state index is 12.4. The third-order valence-electron chi connectivity index (χ3n) is 3.94. The van der Waals surface area contributed by atoms with Crippen LogP contribution in [0.2, 0.25) is 0 Å². The van der Waals surface area contributed by atoms with Crippen molar-refractivity contribution in [2.24, 2.45) is 11.8 Å². The third-order valence-corrected chi connectivity index (χ3v) is 3.94. The van der Waals surface area contributed by atoms with Gasteiger partial charge < -0.3 is 10.0 Å². The molecule has 0 spiro atoms. The number of fused-ring (bicyclic) bond motifs is 1. The Morgan fingerprint density at radius 2 is 1.95 bits per heavy atom. The van der Waals surface area contributed by atoms with Gasteiger partial charge in [0, 0.05) is 31.2 Å². The fourth-order valence-corrected chi connectivity index (χ4v) is 3.11. The normalized spacial score (nSPS) is 26.7. The van der Waals surface area contributed by atoms with Gasteiger partial charge in [0.1, 0.15) is 0 Å². The lowest BCUT2D eigenvalue weighted by Crippen LogP contribution is -2.34. The molecule has 2 aliphatic rings. The highest BCUT2D eigenvalue weighted by molar-refractivity contribution is 5.98. The summed E-state index contributed by atoms with van der Waals surface area (Å²) < 4.78 is 0. The van der Waals surface area contributed by atoms with Gasteiger partial charge in [0.25, 0.3) is 0 Å². The first-order valence-electron chi connectivity index (χ1n) is 6.45. The largest absolute Gasteiger partial charge is 0.480 e. The number of likely N-dealkylation sites (tertiary alicyclic amines) is 1. The Morgan fingerprint density at radius 3 is 2.58 bits per heavy atom. The minimum Gasteiger partial charge on any atom is -0.480 e. The van der Waals surface area contributed by atoms with E-state index < -0.39 is 5.97 Å². The molecule has 1 aromatic rings. The summed E-state index contributed by atoms with van der Waals surface area (Å²) in [7, 11) is 0. The molecule has 5 heteroatoms. The number of benzene rings is 1. The molecule has 2 aliphatic heterocycles. The Bertz CT molecular complexity index is 503. The molecule has 0 saturated carbocycles. The molecule has 1 N–H and O–H groups in total. The van der Waals surface area contributed by atoms with Crippen LogP contribution in [0.1, 0.15) is 0 Å². The zero-order valence-electron chi connectivity index (χ0n) is 10.5. The quantitative estimate of drug-likeness (QED) is 0.867. The number of carboxylic acids is 1. The minimum absolute atomic E-state index is 0.0334. The van der Waals surface area contributed by atoms with E-state index in [0.29, 0.717) is 19.6 Å². The van der Waals surface area contributed by atoms with Crippen molar-refractivity contribution in [3.63, 3.8) is 0 Å². The predicted octanol–water partition coefficient (Wildman–Crippen LogP) is 0.666. The summed E-state index contributed by atoms with van der Waals surface area (Å²) in [4.78, 5) is 26.8. The average Bonchev–Trinajstić information content (AvgIpc) is 2.90. The highest BCUT2D eigenvalue weighted by Crippen LogP contribution is 2.34. The van der Waals surface area contributed by atoms with Crippen molar-refractivity contribution >= 4 is 17.6 Å². The number of hydrogen-bond donors (Lipinski definition) is 1. The molecule has 5 nitrogen and oxygen atoms in total. The van der Waals surface area contributed by atoms with Crippen molar-refractivity contribution in [2.45, 2.75) is 0 Å². The minimum atomic E-state index is -0.827. The van der Waals surface area contributed by atoms with Crippen molar-refractivity contribution in [2.75, 3.05) is 31.1 Å². The Balaban J connectivity index is 1.71. The Kier molecular flexibility index (Phi) is 2.98. The first kappa shape index (κ1) is 12.2. The standard InChI is InChI=1S/C14H16N2O3/c17-13(18)9-15-6-10-7-16(14(19)12(10)8-15)11-4-2-1-3-5-11/h1-5,10,12H,6-9H2,(H,17,18)/t10-,12-/m1/s1. The number of nitrogens with zero attached hydrogens (tertiary/aromatic N) is 2. The second kappa shape index (κ2) is 4.66. The second-order valence-electron chi connectivity index (χ2n) is 5.24. The van der Waals surface area contributed by atoms with Crippen molar-refractivity contribution in [3.8, 4) is 0 Å². The van der Waals surface area contributed by atoms with Crippen molar-refractivity contribution < 1.29 is 14.7 Å². The fraction of sp³-hybridized carbons (Fsp3) is 0.429. The van der Waals surface area contributed by atoms with E-state index in [-0.39, 0.29) is 24.3 Å². The lowest BCUT2D eigenvalue weighted by Gasteiger charge is -2.20. The van der Waals surface area contributed by atoms with E-state index in [4.69, 9.17) is 5.11 Å². The summed E-state index contributed by atoms with van der Waals surface area (Å²) in [5, 5.41) is 8.80. The summed E-state index contributed by atoms with van der Waals surface area (Å²) in [6.07, 6.45) is 0. The summed E-state index contributed by atoms with van der Waals surface area (Å²) in [5.74, 6) is -0.483. The van der Waals surface area contributed by atoms with Crippen molar-refractivity contribution in [1.29, 1.82) is 0 Å². The molecule has 1 aromatic carbocycles. The van der Waals surface area contributed by atoms with Gasteiger partial charge in [0.2, 0.25) is 5.91 Å².